The molecule has 1 saturated heterocycles. The molecule has 0 aliphatic carbocycles. The van der Waals surface area contributed by atoms with Gasteiger partial charge in [-0.25, -0.2) is 4.98 Å². The minimum absolute atomic E-state index is 0.141. The number of anilines is 2. The molecule has 1 aliphatic heterocycles. The molecule has 0 atom stereocenters. The Morgan fingerprint density at radius 1 is 1.17 bits per heavy atom. The Balaban J connectivity index is 1.71. The third-order valence-electron chi connectivity index (χ3n) is 5.50. The fourth-order valence-corrected chi connectivity index (χ4v) is 3.88. The lowest BCUT2D eigenvalue weighted by Gasteiger charge is -2.24. The van der Waals surface area contributed by atoms with Crippen LogP contribution in [0.1, 0.15) is 48.4 Å². The molecule has 1 aromatic carbocycles. The van der Waals surface area contributed by atoms with Gasteiger partial charge in [0.2, 0.25) is 5.56 Å². The van der Waals surface area contributed by atoms with E-state index in [9.17, 15) is 9.59 Å². The number of amides is 1. The predicted molar refractivity (Wildman–Crippen MR) is 120 cm³/mol. The van der Waals surface area contributed by atoms with Gasteiger partial charge in [-0.15, -0.1) is 0 Å². The van der Waals surface area contributed by atoms with E-state index in [4.69, 9.17) is 5.73 Å². The third-order valence-corrected chi connectivity index (χ3v) is 5.50. The number of nitrogens with zero attached hydrogens (tertiary/aromatic N) is 2. The summed E-state index contributed by atoms with van der Waals surface area (Å²) in [6.45, 7) is 7.45. The summed E-state index contributed by atoms with van der Waals surface area (Å²) in [6.07, 6.45) is 2.21. The highest BCUT2D eigenvalue weighted by Crippen LogP contribution is 2.28. The molecule has 30 heavy (non-hydrogen) atoms. The summed E-state index contributed by atoms with van der Waals surface area (Å²) in [5.74, 6) is -0.274. The van der Waals surface area contributed by atoms with Crippen molar-refractivity contribution in [1.29, 1.82) is 0 Å². The number of benzene rings is 1. The number of carbonyl (C=O) groups is 1. The second-order valence-corrected chi connectivity index (χ2v) is 8.51. The zero-order valence-corrected chi connectivity index (χ0v) is 17.6. The second kappa shape index (κ2) is 7.57. The number of aromatic amines is 1. The van der Waals surface area contributed by atoms with E-state index in [-0.39, 0.29) is 11.5 Å². The quantitative estimate of drug-likeness (QED) is 0.618. The molecule has 0 bridgehead atoms. The van der Waals surface area contributed by atoms with Crippen molar-refractivity contribution in [3.05, 3.63) is 63.7 Å². The number of hydrogen-bond donors (Lipinski definition) is 3. The minimum atomic E-state index is -0.648. The molecule has 3 aromatic rings. The molecule has 1 amide bonds. The van der Waals surface area contributed by atoms with Gasteiger partial charge >= 0.3 is 0 Å². The SMILES string of the molecule is Cc1cc(=O)[nH]c2ccc(NC(=O)c3nc(C(C)(C)N)ccc3N3CCCC3)cc12. The summed E-state index contributed by atoms with van der Waals surface area (Å²) >= 11 is 0. The van der Waals surface area contributed by atoms with Crippen LogP contribution in [-0.2, 0) is 5.54 Å². The van der Waals surface area contributed by atoms with Crippen LogP contribution in [0.25, 0.3) is 10.9 Å². The molecule has 0 radical (unpaired) electrons. The third kappa shape index (κ3) is 3.93. The first-order valence-corrected chi connectivity index (χ1v) is 10.2. The number of aromatic nitrogens is 2. The smallest absolute Gasteiger partial charge is 0.276 e. The number of fused-ring (bicyclic) bond motifs is 1. The summed E-state index contributed by atoms with van der Waals surface area (Å²) in [5, 5.41) is 3.86. The van der Waals surface area contributed by atoms with E-state index >= 15 is 0 Å². The number of hydrogen-bond acceptors (Lipinski definition) is 5. The van der Waals surface area contributed by atoms with Gasteiger partial charge in [0, 0.05) is 35.7 Å². The average molecular weight is 406 g/mol. The zero-order valence-electron chi connectivity index (χ0n) is 17.6. The van der Waals surface area contributed by atoms with Crippen molar-refractivity contribution in [3.8, 4) is 0 Å². The first-order valence-electron chi connectivity index (χ1n) is 10.2. The van der Waals surface area contributed by atoms with E-state index in [2.05, 4.69) is 20.2 Å². The van der Waals surface area contributed by atoms with Gasteiger partial charge in [0.05, 0.1) is 16.9 Å². The van der Waals surface area contributed by atoms with Gasteiger partial charge in [-0.1, -0.05) is 0 Å². The Bertz CT molecular complexity index is 1170. The maximum absolute atomic E-state index is 13.2. The lowest BCUT2D eigenvalue weighted by Crippen LogP contribution is -2.32. The molecule has 3 heterocycles. The van der Waals surface area contributed by atoms with E-state index in [1.54, 1.807) is 18.2 Å². The first kappa shape index (κ1) is 20.1. The molecule has 0 unspecified atom stereocenters. The summed E-state index contributed by atoms with van der Waals surface area (Å²) in [6, 6.07) is 10.8. The fraction of sp³-hybridized carbons (Fsp3) is 0.348. The molecule has 7 heteroatoms. The van der Waals surface area contributed by atoms with Crippen LogP contribution in [0.15, 0.2) is 41.2 Å². The van der Waals surface area contributed by atoms with Gasteiger partial charge in [-0.2, -0.15) is 0 Å². The van der Waals surface area contributed by atoms with Crippen molar-refractivity contribution in [2.24, 2.45) is 5.73 Å². The van der Waals surface area contributed by atoms with Crippen molar-refractivity contribution in [2.45, 2.75) is 39.2 Å². The van der Waals surface area contributed by atoms with E-state index in [1.807, 2.05) is 39.0 Å². The number of H-pyrrole nitrogens is 1. The summed E-state index contributed by atoms with van der Waals surface area (Å²) in [4.78, 5) is 34.6. The fourth-order valence-electron chi connectivity index (χ4n) is 3.88. The van der Waals surface area contributed by atoms with Crippen LogP contribution in [-0.4, -0.2) is 29.0 Å². The van der Waals surface area contributed by atoms with Gasteiger partial charge in [-0.3, -0.25) is 9.59 Å². The summed E-state index contributed by atoms with van der Waals surface area (Å²) in [5.41, 5.74) is 9.57. The number of rotatable bonds is 4. The Morgan fingerprint density at radius 2 is 1.90 bits per heavy atom. The zero-order chi connectivity index (χ0) is 21.5. The lowest BCUT2D eigenvalue weighted by atomic mass is 10.0. The van der Waals surface area contributed by atoms with Crippen molar-refractivity contribution in [3.63, 3.8) is 0 Å². The largest absolute Gasteiger partial charge is 0.370 e. The minimum Gasteiger partial charge on any atom is -0.370 e. The van der Waals surface area contributed by atoms with Crippen molar-refractivity contribution >= 4 is 28.2 Å². The number of pyridine rings is 2. The lowest BCUT2D eigenvalue weighted by molar-refractivity contribution is 0.102. The topological polar surface area (TPSA) is 104 Å². The molecule has 0 spiro atoms. The molecular formula is C23H27N5O2. The molecule has 7 nitrogen and oxygen atoms in total. The highest BCUT2D eigenvalue weighted by Gasteiger charge is 2.25. The predicted octanol–water partition coefficient (Wildman–Crippen LogP) is 3.28. The summed E-state index contributed by atoms with van der Waals surface area (Å²) < 4.78 is 0. The van der Waals surface area contributed by atoms with Gasteiger partial charge in [0.25, 0.3) is 5.91 Å². The van der Waals surface area contributed by atoms with Crippen LogP contribution in [0.5, 0.6) is 0 Å². The van der Waals surface area contributed by atoms with Gasteiger partial charge in [-0.05, 0) is 69.5 Å². The van der Waals surface area contributed by atoms with Crippen LogP contribution in [0.2, 0.25) is 0 Å². The maximum Gasteiger partial charge on any atom is 0.276 e. The Labute approximate surface area is 175 Å². The Hall–Kier alpha value is -3.19. The van der Waals surface area contributed by atoms with Crippen molar-refractivity contribution < 1.29 is 4.79 Å². The molecule has 4 rings (SSSR count). The van der Waals surface area contributed by atoms with E-state index in [0.29, 0.717) is 17.1 Å². The molecule has 2 aromatic heterocycles. The van der Waals surface area contributed by atoms with Gasteiger partial charge in [0.1, 0.15) is 0 Å². The van der Waals surface area contributed by atoms with E-state index in [0.717, 1.165) is 48.1 Å². The van der Waals surface area contributed by atoms with E-state index in [1.165, 1.54) is 0 Å². The molecular weight excluding hydrogens is 378 g/mol. The molecule has 156 valence electrons. The van der Waals surface area contributed by atoms with Crippen molar-refractivity contribution in [1.82, 2.24) is 9.97 Å². The Morgan fingerprint density at radius 3 is 2.60 bits per heavy atom. The Kier molecular flexibility index (Phi) is 5.07. The van der Waals surface area contributed by atoms with Crippen LogP contribution < -0.4 is 21.5 Å². The van der Waals surface area contributed by atoms with Gasteiger partial charge < -0.3 is 20.9 Å². The number of aryl methyl sites for hydroxylation is 1. The first-order chi connectivity index (χ1) is 14.2. The monoisotopic (exact) mass is 405 g/mol. The van der Waals surface area contributed by atoms with Gasteiger partial charge in [0.15, 0.2) is 5.69 Å². The van der Waals surface area contributed by atoms with Crippen LogP contribution in [0, 0.1) is 6.92 Å². The van der Waals surface area contributed by atoms with Crippen LogP contribution >= 0.6 is 0 Å². The average Bonchev–Trinajstić information content (AvgIpc) is 3.22. The number of nitrogens with one attached hydrogen (secondary N) is 2. The summed E-state index contributed by atoms with van der Waals surface area (Å²) in [7, 11) is 0. The molecule has 4 N–H and O–H groups in total. The highest BCUT2D eigenvalue weighted by molar-refractivity contribution is 6.07. The number of nitrogens with two attached hydrogens (primary N) is 1. The van der Waals surface area contributed by atoms with Crippen LogP contribution in [0.4, 0.5) is 11.4 Å². The maximum atomic E-state index is 13.2. The second-order valence-electron chi connectivity index (χ2n) is 8.51. The number of carbonyl (C=O) groups excluding carboxylic acids is 1. The highest BCUT2D eigenvalue weighted by atomic mass is 16.2. The standard InChI is InChI=1S/C23H27N5O2/c1-14-12-20(29)26-17-7-6-15(13-16(14)17)25-22(30)21-18(28-10-4-5-11-28)8-9-19(27-21)23(2,3)24/h6-9,12-13H,4-5,10-11,24H2,1-3H3,(H,25,30)(H,26,29). The van der Waals surface area contributed by atoms with E-state index < -0.39 is 5.54 Å². The molecule has 1 fully saturated rings. The molecule has 0 saturated carbocycles. The van der Waals surface area contributed by atoms with Crippen molar-refractivity contribution in [2.75, 3.05) is 23.3 Å². The normalized spacial score (nSPS) is 14.3. The molecule has 1 aliphatic rings. The van der Waals surface area contributed by atoms with Crippen LogP contribution in [0.3, 0.4) is 0 Å².